The first-order valence-corrected chi connectivity index (χ1v) is 7.07. The van der Waals surface area contributed by atoms with Gasteiger partial charge in [0.2, 0.25) is 0 Å². The molecule has 0 aliphatic heterocycles. The van der Waals surface area contributed by atoms with Crippen LogP contribution in [0.1, 0.15) is 21.5 Å². The van der Waals surface area contributed by atoms with Gasteiger partial charge in [-0.3, -0.25) is 14.9 Å². The van der Waals surface area contributed by atoms with Crippen LogP contribution in [0.3, 0.4) is 0 Å². The highest BCUT2D eigenvalue weighted by Gasteiger charge is 2.13. The number of hydrogen-bond donors (Lipinski definition) is 0. The van der Waals surface area contributed by atoms with Crippen LogP contribution >= 0.6 is 23.2 Å². The van der Waals surface area contributed by atoms with Crippen LogP contribution in [0.5, 0.6) is 0 Å². The van der Waals surface area contributed by atoms with Gasteiger partial charge >= 0.3 is 0 Å². The van der Waals surface area contributed by atoms with Crippen molar-refractivity contribution in [2.24, 2.45) is 0 Å². The number of carbonyl (C=O) groups is 1. The highest BCUT2D eigenvalue weighted by atomic mass is 35.5. The Morgan fingerprint density at radius 1 is 1.23 bits per heavy atom. The molecule has 0 fully saturated rings. The zero-order chi connectivity index (χ0) is 16.3. The molecule has 2 aromatic rings. The molecule has 112 valence electrons. The van der Waals surface area contributed by atoms with Crippen LogP contribution < -0.4 is 0 Å². The number of nitro benzene ring substituents is 1. The van der Waals surface area contributed by atoms with E-state index >= 15 is 0 Å². The second-order valence-electron chi connectivity index (χ2n) is 4.60. The Labute approximate surface area is 137 Å². The average molecular weight is 336 g/mol. The Kier molecular flexibility index (Phi) is 4.96. The molecule has 0 heterocycles. The number of benzene rings is 2. The molecule has 6 heteroatoms. The maximum atomic E-state index is 12.1. The Bertz CT molecular complexity index is 785. The van der Waals surface area contributed by atoms with Gasteiger partial charge in [0, 0.05) is 17.2 Å². The minimum absolute atomic E-state index is 0.0833. The highest BCUT2D eigenvalue weighted by Crippen LogP contribution is 2.26. The van der Waals surface area contributed by atoms with Crippen LogP contribution in [0.2, 0.25) is 10.0 Å². The van der Waals surface area contributed by atoms with Crippen LogP contribution in [-0.2, 0) is 0 Å². The summed E-state index contributed by atoms with van der Waals surface area (Å²) in [5, 5.41) is 11.6. The van der Waals surface area contributed by atoms with Crippen molar-refractivity contribution in [2.45, 2.75) is 6.92 Å². The van der Waals surface area contributed by atoms with Gasteiger partial charge in [0.15, 0.2) is 5.78 Å². The fourth-order valence-electron chi connectivity index (χ4n) is 1.87. The quantitative estimate of drug-likeness (QED) is 0.337. The van der Waals surface area contributed by atoms with Crippen molar-refractivity contribution in [3.8, 4) is 0 Å². The zero-order valence-corrected chi connectivity index (χ0v) is 13.1. The molecule has 22 heavy (non-hydrogen) atoms. The summed E-state index contributed by atoms with van der Waals surface area (Å²) in [6, 6.07) is 9.44. The number of halogens is 2. The lowest BCUT2D eigenvalue weighted by molar-refractivity contribution is -0.385. The van der Waals surface area contributed by atoms with Gasteiger partial charge in [0.05, 0.1) is 15.0 Å². The number of nitrogens with zero attached hydrogens (tertiary/aromatic N) is 1. The van der Waals surface area contributed by atoms with E-state index in [0.717, 1.165) is 0 Å². The smallest absolute Gasteiger partial charge is 0.273 e. The molecule has 0 saturated heterocycles. The molecule has 0 aliphatic carbocycles. The standard InChI is InChI=1S/C16H11Cl2NO3/c1-10-5-6-12(9-14(10)19(21)22)15(20)8-7-11-3-2-4-13(17)16(11)18/h2-9H,1H3/b8-7+. The fraction of sp³-hybridized carbons (Fsp3) is 0.0625. The predicted molar refractivity (Wildman–Crippen MR) is 87.7 cm³/mol. The maximum absolute atomic E-state index is 12.1. The van der Waals surface area contributed by atoms with E-state index in [9.17, 15) is 14.9 Å². The van der Waals surface area contributed by atoms with Crippen LogP contribution in [0, 0.1) is 17.0 Å². The summed E-state index contributed by atoms with van der Waals surface area (Å²) in [7, 11) is 0. The number of carbonyl (C=O) groups excluding carboxylic acids is 1. The first kappa shape index (κ1) is 16.2. The molecule has 0 bridgehead atoms. The van der Waals surface area contributed by atoms with Crippen molar-refractivity contribution in [2.75, 3.05) is 0 Å². The highest BCUT2D eigenvalue weighted by molar-refractivity contribution is 6.42. The summed E-state index contributed by atoms with van der Waals surface area (Å²) >= 11 is 11.9. The molecule has 0 unspecified atom stereocenters. The molecule has 0 radical (unpaired) electrons. The lowest BCUT2D eigenvalue weighted by Crippen LogP contribution is -1.98. The first-order chi connectivity index (χ1) is 10.4. The monoisotopic (exact) mass is 335 g/mol. The third kappa shape index (κ3) is 3.53. The second-order valence-corrected chi connectivity index (χ2v) is 5.38. The van der Waals surface area contributed by atoms with Gasteiger partial charge in [-0.15, -0.1) is 0 Å². The molecule has 0 spiro atoms. The predicted octanol–water partition coefficient (Wildman–Crippen LogP) is 5.11. The fourth-order valence-corrected chi connectivity index (χ4v) is 2.24. The van der Waals surface area contributed by atoms with Gasteiger partial charge in [0.25, 0.3) is 5.69 Å². The van der Waals surface area contributed by atoms with E-state index in [1.54, 1.807) is 37.3 Å². The Hall–Kier alpha value is -2.17. The van der Waals surface area contributed by atoms with E-state index in [0.29, 0.717) is 21.2 Å². The van der Waals surface area contributed by atoms with Crippen molar-refractivity contribution in [1.82, 2.24) is 0 Å². The van der Waals surface area contributed by atoms with Crippen molar-refractivity contribution in [3.05, 3.63) is 79.3 Å². The lowest BCUT2D eigenvalue weighted by atomic mass is 10.1. The largest absolute Gasteiger partial charge is 0.289 e. The molecular formula is C16H11Cl2NO3. The van der Waals surface area contributed by atoms with E-state index < -0.39 is 4.92 Å². The van der Waals surface area contributed by atoms with Gasteiger partial charge < -0.3 is 0 Å². The number of allylic oxidation sites excluding steroid dienone is 1. The van der Waals surface area contributed by atoms with Crippen LogP contribution in [-0.4, -0.2) is 10.7 Å². The molecule has 0 N–H and O–H groups in total. The zero-order valence-electron chi connectivity index (χ0n) is 11.5. The Morgan fingerprint density at radius 2 is 1.95 bits per heavy atom. The molecule has 4 nitrogen and oxygen atoms in total. The average Bonchev–Trinajstić information content (AvgIpc) is 2.48. The van der Waals surface area contributed by atoms with Gasteiger partial charge in [-0.1, -0.05) is 47.5 Å². The van der Waals surface area contributed by atoms with Crippen molar-refractivity contribution < 1.29 is 9.72 Å². The van der Waals surface area contributed by atoms with E-state index in [2.05, 4.69) is 0 Å². The molecule has 2 aromatic carbocycles. The van der Waals surface area contributed by atoms with Crippen LogP contribution in [0.4, 0.5) is 5.69 Å². The third-order valence-electron chi connectivity index (χ3n) is 3.09. The van der Waals surface area contributed by atoms with E-state index in [-0.39, 0.29) is 17.0 Å². The van der Waals surface area contributed by atoms with Gasteiger partial charge in [-0.2, -0.15) is 0 Å². The van der Waals surface area contributed by atoms with Crippen LogP contribution in [0.25, 0.3) is 6.08 Å². The summed E-state index contributed by atoms with van der Waals surface area (Å²) in [6.07, 6.45) is 2.84. The summed E-state index contributed by atoms with van der Waals surface area (Å²) in [5.41, 5.74) is 1.26. The second kappa shape index (κ2) is 6.73. The minimum Gasteiger partial charge on any atom is -0.289 e. The van der Waals surface area contributed by atoms with Crippen LogP contribution in [0.15, 0.2) is 42.5 Å². The first-order valence-electron chi connectivity index (χ1n) is 6.31. The molecule has 0 aromatic heterocycles. The number of aryl methyl sites for hydroxylation is 1. The molecule has 0 amide bonds. The third-order valence-corrected chi connectivity index (χ3v) is 3.92. The van der Waals surface area contributed by atoms with E-state index in [1.165, 1.54) is 18.2 Å². The minimum atomic E-state index is -0.510. The van der Waals surface area contributed by atoms with E-state index in [1.807, 2.05) is 0 Å². The number of nitro groups is 1. The summed E-state index contributed by atoms with van der Waals surface area (Å²) in [5.74, 6) is -0.348. The lowest BCUT2D eigenvalue weighted by Gasteiger charge is -2.01. The summed E-state index contributed by atoms with van der Waals surface area (Å²) in [6.45, 7) is 1.62. The number of rotatable bonds is 4. The van der Waals surface area contributed by atoms with Gasteiger partial charge in [-0.05, 0) is 30.7 Å². The van der Waals surface area contributed by atoms with Crippen molar-refractivity contribution in [1.29, 1.82) is 0 Å². The summed E-state index contributed by atoms with van der Waals surface area (Å²) < 4.78 is 0. The molecule has 0 saturated carbocycles. The Morgan fingerprint density at radius 3 is 2.64 bits per heavy atom. The topological polar surface area (TPSA) is 60.2 Å². The number of ketones is 1. The molecule has 0 atom stereocenters. The number of hydrogen-bond acceptors (Lipinski definition) is 3. The van der Waals surface area contributed by atoms with Crippen molar-refractivity contribution in [3.63, 3.8) is 0 Å². The molecule has 0 aliphatic rings. The summed E-state index contributed by atoms with van der Waals surface area (Å²) in [4.78, 5) is 22.5. The van der Waals surface area contributed by atoms with Gasteiger partial charge in [0.1, 0.15) is 0 Å². The SMILES string of the molecule is Cc1ccc(C(=O)/C=C/c2cccc(Cl)c2Cl)cc1[N+](=O)[O-]. The molecular weight excluding hydrogens is 325 g/mol. The Balaban J connectivity index is 2.29. The molecule has 2 rings (SSSR count). The normalized spacial score (nSPS) is 10.9. The van der Waals surface area contributed by atoms with Gasteiger partial charge in [-0.25, -0.2) is 0 Å². The van der Waals surface area contributed by atoms with E-state index in [4.69, 9.17) is 23.2 Å². The van der Waals surface area contributed by atoms with Crippen molar-refractivity contribution >= 4 is 40.7 Å². The maximum Gasteiger partial charge on any atom is 0.273 e.